The third kappa shape index (κ3) is 2.84. The van der Waals surface area contributed by atoms with Gasteiger partial charge in [0.15, 0.2) is 0 Å². The van der Waals surface area contributed by atoms with Crippen LogP contribution in [0, 0.1) is 5.92 Å². The molecule has 3 heteroatoms. The summed E-state index contributed by atoms with van der Waals surface area (Å²) in [6, 6.07) is -0.440. The summed E-state index contributed by atoms with van der Waals surface area (Å²) in [5.74, 6) is 0.00634. The summed E-state index contributed by atoms with van der Waals surface area (Å²) in [6.07, 6.45) is 7.15. The van der Waals surface area contributed by atoms with E-state index in [-0.39, 0.29) is 11.9 Å². The first-order chi connectivity index (χ1) is 6.25. The molecule has 0 aromatic heterocycles. The Balaban J connectivity index is 2.41. The Morgan fingerprint density at radius 2 is 2.46 bits per heavy atom. The van der Waals surface area contributed by atoms with E-state index in [1.165, 1.54) is 0 Å². The van der Waals surface area contributed by atoms with E-state index < -0.39 is 6.04 Å². The lowest BCUT2D eigenvalue weighted by Crippen LogP contribution is -2.39. The lowest BCUT2D eigenvalue weighted by molar-refractivity contribution is -0.146. The van der Waals surface area contributed by atoms with Gasteiger partial charge < -0.3 is 10.5 Å². The minimum atomic E-state index is -0.440. The molecule has 2 N–H and O–H groups in total. The number of rotatable bonds is 3. The Bertz CT molecular complexity index is 201. The van der Waals surface area contributed by atoms with Crippen LogP contribution < -0.4 is 5.73 Å². The van der Waals surface area contributed by atoms with Crippen molar-refractivity contribution < 1.29 is 9.53 Å². The van der Waals surface area contributed by atoms with Crippen LogP contribution >= 0.6 is 0 Å². The smallest absolute Gasteiger partial charge is 0.323 e. The van der Waals surface area contributed by atoms with Crippen LogP contribution in [0.4, 0.5) is 0 Å². The van der Waals surface area contributed by atoms with E-state index in [1.54, 1.807) is 6.92 Å². The third-order valence-electron chi connectivity index (χ3n) is 2.38. The highest BCUT2D eigenvalue weighted by Crippen LogP contribution is 2.21. The van der Waals surface area contributed by atoms with Gasteiger partial charge in [0.05, 0.1) is 6.61 Å². The van der Waals surface area contributed by atoms with Gasteiger partial charge in [-0.2, -0.15) is 0 Å². The third-order valence-corrected chi connectivity index (χ3v) is 2.38. The standard InChI is InChI=1S/C10H17NO2/c1-2-13-10(12)9(11)8-6-4-3-5-7-8/h3-4,8-9H,2,5-7,11H2,1H3. The summed E-state index contributed by atoms with van der Waals surface area (Å²) in [6.45, 7) is 2.21. The molecule has 0 aliphatic heterocycles. The zero-order valence-corrected chi connectivity index (χ0v) is 8.03. The maximum absolute atomic E-state index is 11.3. The van der Waals surface area contributed by atoms with Crippen molar-refractivity contribution in [3.63, 3.8) is 0 Å². The summed E-state index contributed by atoms with van der Waals surface area (Å²) >= 11 is 0. The lowest BCUT2D eigenvalue weighted by Gasteiger charge is -2.22. The van der Waals surface area contributed by atoms with Gasteiger partial charge in [-0.25, -0.2) is 0 Å². The summed E-state index contributed by atoms with van der Waals surface area (Å²) in [5, 5.41) is 0. The molecule has 0 saturated carbocycles. The van der Waals surface area contributed by atoms with Crippen LogP contribution in [0.2, 0.25) is 0 Å². The number of nitrogens with two attached hydrogens (primary N) is 1. The number of allylic oxidation sites excluding steroid dienone is 2. The second-order valence-corrected chi connectivity index (χ2v) is 3.32. The second-order valence-electron chi connectivity index (χ2n) is 3.32. The first-order valence-electron chi connectivity index (χ1n) is 4.83. The molecule has 0 amide bonds. The summed E-state index contributed by atoms with van der Waals surface area (Å²) < 4.78 is 4.87. The molecule has 1 aliphatic rings. The summed E-state index contributed by atoms with van der Waals surface area (Å²) in [5.41, 5.74) is 5.77. The first kappa shape index (κ1) is 10.3. The van der Waals surface area contributed by atoms with Gasteiger partial charge in [-0.05, 0) is 32.1 Å². The van der Waals surface area contributed by atoms with Gasteiger partial charge in [0.2, 0.25) is 0 Å². The normalized spacial score (nSPS) is 24.0. The van der Waals surface area contributed by atoms with Crippen molar-refractivity contribution in [3.8, 4) is 0 Å². The maximum atomic E-state index is 11.3. The Morgan fingerprint density at radius 3 is 3.00 bits per heavy atom. The van der Waals surface area contributed by atoms with Crippen molar-refractivity contribution in [1.82, 2.24) is 0 Å². The number of carbonyl (C=O) groups is 1. The SMILES string of the molecule is CCOC(=O)C(N)C1CC=CCC1. The van der Waals surface area contributed by atoms with E-state index in [2.05, 4.69) is 12.2 Å². The fourth-order valence-corrected chi connectivity index (χ4v) is 1.57. The Labute approximate surface area is 78.9 Å². The second kappa shape index (κ2) is 5.02. The summed E-state index contributed by atoms with van der Waals surface area (Å²) in [4.78, 5) is 11.3. The van der Waals surface area contributed by atoms with Crippen LogP contribution in [-0.2, 0) is 9.53 Å². The molecule has 2 unspecified atom stereocenters. The van der Waals surface area contributed by atoms with Gasteiger partial charge >= 0.3 is 5.97 Å². The van der Waals surface area contributed by atoms with Gasteiger partial charge in [-0.1, -0.05) is 12.2 Å². The average Bonchev–Trinajstić information content (AvgIpc) is 2.18. The van der Waals surface area contributed by atoms with Crippen molar-refractivity contribution >= 4 is 5.97 Å². The monoisotopic (exact) mass is 183 g/mol. The predicted octanol–water partition coefficient (Wildman–Crippen LogP) is 1.23. The molecular weight excluding hydrogens is 166 g/mol. The molecule has 3 nitrogen and oxygen atoms in total. The number of ether oxygens (including phenoxy) is 1. The van der Waals surface area contributed by atoms with Crippen molar-refractivity contribution in [3.05, 3.63) is 12.2 Å². The fourth-order valence-electron chi connectivity index (χ4n) is 1.57. The molecule has 0 bridgehead atoms. The van der Waals surface area contributed by atoms with Crippen LogP contribution in [0.25, 0.3) is 0 Å². The van der Waals surface area contributed by atoms with Gasteiger partial charge in [0.25, 0.3) is 0 Å². The van der Waals surface area contributed by atoms with Crippen LogP contribution in [-0.4, -0.2) is 18.6 Å². The van der Waals surface area contributed by atoms with E-state index in [0.717, 1.165) is 19.3 Å². The van der Waals surface area contributed by atoms with Gasteiger partial charge in [0, 0.05) is 0 Å². The Kier molecular flexibility index (Phi) is 3.96. The first-order valence-corrected chi connectivity index (χ1v) is 4.83. The van der Waals surface area contributed by atoms with Crippen molar-refractivity contribution in [1.29, 1.82) is 0 Å². The van der Waals surface area contributed by atoms with E-state index in [4.69, 9.17) is 10.5 Å². The quantitative estimate of drug-likeness (QED) is 0.529. The van der Waals surface area contributed by atoms with Crippen molar-refractivity contribution in [2.45, 2.75) is 32.2 Å². The zero-order chi connectivity index (χ0) is 9.68. The minimum Gasteiger partial charge on any atom is -0.465 e. The van der Waals surface area contributed by atoms with E-state index in [9.17, 15) is 4.79 Å². The van der Waals surface area contributed by atoms with Gasteiger partial charge in [-0.15, -0.1) is 0 Å². The molecule has 0 spiro atoms. The van der Waals surface area contributed by atoms with Crippen LogP contribution in [0.5, 0.6) is 0 Å². The molecule has 0 saturated heterocycles. The highest BCUT2D eigenvalue weighted by Gasteiger charge is 2.25. The molecule has 13 heavy (non-hydrogen) atoms. The van der Waals surface area contributed by atoms with Crippen molar-refractivity contribution in [2.24, 2.45) is 11.7 Å². The number of esters is 1. The predicted molar refractivity (Wildman–Crippen MR) is 51.1 cm³/mol. The van der Waals surface area contributed by atoms with Crippen LogP contribution in [0.1, 0.15) is 26.2 Å². The molecule has 2 atom stereocenters. The molecule has 1 rings (SSSR count). The van der Waals surface area contributed by atoms with E-state index in [1.807, 2.05) is 0 Å². The maximum Gasteiger partial charge on any atom is 0.323 e. The molecule has 0 radical (unpaired) electrons. The van der Waals surface area contributed by atoms with E-state index >= 15 is 0 Å². The molecule has 0 fully saturated rings. The number of carbonyl (C=O) groups excluding carboxylic acids is 1. The van der Waals surface area contributed by atoms with Crippen LogP contribution in [0.3, 0.4) is 0 Å². The highest BCUT2D eigenvalue weighted by molar-refractivity contribution is 5.75. The highest BCUT2D eigenvalue weighted by atomic mass is 16.5. The zero-order valence-electron chi connectivity index (χ0n) is 8.03. The minimum absolute atomic E-state index is 0.261. The molecule has 0 aromatic carbocycles. The molecule has 1 aliphatic carbocycles. The molecule has 0 heterocycles. The topological polar surface area (TPSA) is 52.3 Å². The molecular formula is C10H17NO2. The Hall–Kier alpha value is -0.830. The average molecular weight is 183 g/mol. The van der Waals surface area contributed by atoms with E-state index in [0.29, 0.717) is 6.61 Å². The number of hydrogen-bond donors (Lipinski definition) is 1. The molecule has 0 aromatic rings. The van der Waals surface area contributed by atoms with Gasteiger partial charge in [-0.3, -0.25) is 4.79 Å². The number of hydrogen-bond acceptors (Lipinski definition) is 3. The summed E-state index contributed by atoms with van der Waals surface area (Å²) in [7, 11) is 0. The van der Waals surface area contributed by atoms with Crippen LogP contribution in [0.15, 0.2) is 12.2 Å². The molecule has 74 valence electrons. The Morgan fingerprint density at radius 1 is 1.69 bits per heavy atom. The lowest BCUT2D eigenvalue weighted by atomic mass is 9.88. The van der Waals surface area contributed by atoms with Crippen molar-refractivity contribution in [2.75, 3.05) is 6.61 Å². The fraction of sp³-hybridized carbons (Fsp3) is 0.700. The van der Waals surface area contributed by atoms with Gasteiger partial charge in [0.1, 0.15) is 6.04 Å². The largest absolute Gasteiger partial charge is 0.465 e.